The molecule has 0 bridgehead atoms. The molecule has 3 rings (SSSR count). The van der Waals surface area contributed by atoms with Gasteiger partial charge in [-0.25, -0.2) is 4.98 Å². The summed E-state index contributed by atoms with van der Waals surface area (Å²) < 4.78 is 6.06. The second-order valence-electron chi connectivity index (χ2n) is 7.06. The first kappa shape index (κ1) is 17.5. The van der Waals surface area contributed by atoms with Crippen LogP contribution in [0.3, 0.4) is 0 Å². The highest BCUT2D eigenvalue weighted by Crippen LogP contribution is 2.35. The van der Waals surface area contributed by atoms with E-state index < -0.39 is 0 Å². The summed E-state index contributed by atoms with van der Waals surface area (Å²) in [6, 6.07) is 1.94. The van der Waals surface area contributed by atoms with Crippen LogP contribution in [0.2, 0.25) is 5.02 Å². The Morgan fingerprint density at radius 1 is 1.29 bits per heavy atom. The van der Waals surface area contributed by atoms with E-state index in [0.717, 1.165) is 55.2 Å². The average Bonchev–Trinajstić information content (AvgIpc) is 3.06. The summed E-state index contributed by atoms with van der Waals surface area (Å²) in [5.41, 5.74) is 1.06. The van der Waals surface area contributed by atoms with Crippen LogP contribution in [0.25, 0.3) is 0 Å². The van der Waals surface area contributed by atoms with Gasteiger partial charge in [-0.2, -0.15) is 0 Å². The summed E-state index contributed by atoms with van der Waals surface area (Å²) in [6.45, 7) is 3.88. The molecule has 0 unspecified atom stereocenters. The van der Waals surface area contributed by atoms with Crippen LogP contribution in [0, 0.1) is 12.8 Å². The van der Waals surface area contributed by atoms with Gasteiger partial charge in [-0.3, -0.25) is 4.79 Å². The van der Waals surface area contributed by atoms with Gasteiger partial charge in [0.1, 0.15) is 11.9 Å². The minimum atomic E-state index is -0.254. The van der Waals surface area contributed by atoms with Crippen molar-refractivity contribution in [3.8, 4) is 0 Å². The van der Waals surface area contributed by atoms with Gasteiger partial charge in [0.05, 0.1) is 11.1 Å². The van der Waals surface area contributed by atoms with Crippen LogP contribution >= 0.6 is 11.6 Å². The summed E-state index contributed by atoms with van der Waals surface area (Å²) in [7, 11) is 3.58. The number of piperidine rings is 1. The van der Waals surface area contributed by atoms with Gasteiger partial charge in [0.15, 0.2) is 0 Å². The van der Waals surface area contributed by atoms with E-state index in [1.54, 1.807) is 19.0 Å². The molecule has 2 atom stereocenters. The minimum absolute atomic E-state index is 0.0886. The Hall–Kier alpha value is -1.33. The predicted octanol–water partition coefficient (Wildman–Crippen LogP) is 2.90. The van der Waals surface area contributed by atoms with Crippen LogP contribution in [0.4, 0.5) is 5.82 Å². The lowest BCUT2D eigenvalue weighted by atomic mass is 9.89. The molecule has 0 radical (unpaired) electrons. The number of rotatable bonds is 3. The number of nitrogens with zero attached hydrogens (tertiary/aromatic N) is 3. The molecule has 0 N–H and O–H groups in total. The first-order chi connectivity index (χ1) is 11.5. The van der Waals surface area contributed by atoms with Crippen molar-refractivity contribution in [1.82, 2.24) is 9.88 Å². The second-order valence-corrected chi connectivity index (χ2v) is 7.44. The number of hydrogen-bond acceptors (Lipinski definition) is 4. The maximum Gasteiger partial charge on any atom is 0.251 e. The lowest BCUT2D eigenvalue weighted by Crippen LogP contribution is -2.39. The molecular formula is C18H26ClN3O2. The molecule has 0 saturated carbocycles. The van der Waals surface area contributed by atoms with Crippen molar-refractivity contribution in [2.24, 2.45) is 5.92 Å². The van der Waals surface area contributed by atoms with Crippen molar-refractivity contribution >= 4 is 23.3 Å². The molecule has 2 aliphatic rings. The second kappa shape index (κ2) is 7.28. The van der Waals surface area contributed by atoms with Gasteiger partial charge in [-0.05, 0) is 50.2 Å². The molecule has 2 saturated heterocycles. The summed E-state index contributed by atoms with van der Waals surface area (Å²) in [5.74, 6) is 1.50. The highest BCUT2D eigenvalue weighted by molar-refractivity contribution is 6.33. The average molecular weight is 352 g/mol. The number of likely N-dealkylation sites (N-methyl/N-ethyl adjacent to an activating group) is 1. The molecule has 0 aliphatic carbocycles. The molecule has 1 amide bonds. The Kier molecular flexibility index (Phi) is 5.30. The van der Waals surface area contributed by atoms with Crippen molar-refractivity contribution in [2.75, 3.05) is 32.1 Å². The SMILES string of the molecule is Cc1ccnc(N2CCC([C@@H]3CC[C@H](C(=O)N(C)C)O3)CC2)c1Cl. The third-order valence-corrected chi connectivity index (χ3v) is 5.66. The molecule has 1 aromatic heterocycles. The molecule has 3 heterocycles. The van der Waals surface area contributed by atoms with Gasteiger partial charge in [0.25, 0.3) is 5.91 Å². The summed E-state index contributed by atoms with van der Waals surface area (Å²) in [6.07, 6.45) is 5.71. The minimum Gasteiger partial charge on any atom is -0.365 e. The number of ether oxygens (including phenoxy) is 1. The number of carbonyl (C=O) groups excluding carboxylic acids is 1. The number of aromatic nitrogens is 1. The zero-order valence-electron chi connectivity index (χ0n) is 14.7. The Morgan fingerprint density at radius 3 is 2.67 bits per heavy atom. The Labute approximate surface area is 148 Å². The van der Waals surface area contributed by atoms with Crippen LogP contribution in [-0.4, -0.2) is 55.2 Å². The molecular weight excluding hydrogens is 326 g/mol. The van der Waals surface area contributed by atoms with E-state index in [-0.39, 0.29) is 18.1 Å². The van der Waals surface area contributed by atoms with Crippen LogP contribution < -0.4 is 4.90 Å². The van der Waals surface area contributed by atoms with Crippen molar-refractivity contribution in [3.63, 3.8) is 0 Å². The molecule has 0 aromatic carbocycles. The van der Waals surface area contributed by atoms with E-state index in [9.17, 15) is 4.79 Å². The molecule has 0 spiro atoms. The smallest absolute Gasteiger partial charge is 0.251 e. The highest BCUT2D eigenvalue weighted by atomic mass is 35.5. The van der Waals surface area contributed by atoms with E-state index in [1.165, 1.54) is 0 Å². The molecule has 132 valence electrons. The van der Waals surface area contributed by atoms with Crippen molar-refractivity contribution in [2.45, 2.75) is 44.8 Å². The molecule has 2 aliphatic heterocycles. The van der Waals surface area contributed by atoms with Gasteiger partial charge < -0.3 is 14.5 Å². The lowest BCUT2D eigenvalue weighted by molar-refractivity contribution is -0.141. The topological polar surface area (TPSA) is 45.7 Å². The molecule has 1 aromatic rings. The van der Waals surface area contributed by atoms with Crippen LogP contribution in [0.5, 0.6) is 0 Å². The number of amides is 1. The van der Waals surface area contributed by atoms with Crippen LogP contribution in [-0.2, 0) is 9.53 Å². The highest BCUT2D eigenvalue weighted by Gasteiger charge is 2.37. The number of aryl methyl sites for hydroxylation is 1. The van der Waals surface area contributed by atoms with Gasteiger partial charge in [-0.1, -0.05) is 11.6 Å². The first-order valence-corrected chi connectivity index (χ1v) is 9.08. The van der Waals surface area contributed by atoms with Crippen molar-refractivity contribution in [3.05, 3.63) is 22.8 Å². The Balaban J connectivity index is 1.56. The maximum absolute atomic E-state index is 12.0. The van der Waals surface area contributed by atoms with Crippen LogP contribution in [0.15, 0.2) is 12.3 Å². The van der Waals surface area contributed by atoms with E-state index in [4.69, 9.17) is 16.3 Å². The number of halogens is 1. The van der Waals surface area contributed by atoms with Gasteiger partial charge in [-0.15, -0.1) is 0 Å². The standard InChI is InChI=1S/C18H26ClN3O2/c1-12-6-9-20-17(16(12)19)22-10-7-13(8-11-22)14-4-5-15(24-14)18(23)21(2)3/h6,9,13-15H,4-5,7-8,10-11H2,1-3H3/t14-,15+/m0/s1. The fraction of sp³-hybridized carbons (Fsp3) is 0.667. The lowest BCUT2D eigenvalue weighted by Gasteiger charge is -2.35. The van der Waals surface area contributed by atoms with Crippen molar-refractivity contribution < 1.29 is 9.53 Å². The van der Waals surface area contributed by atoms with E-state index in [2.05, 4.69) is 9.88 Å². The molecule has 5 nitrogen and oxygen atoms in total. The van der Waals surface area contributed by atoms with Gasteiger partial charge in [0.2, 0.25) is 0 Å². The maximum atomic E-state index is 12.0. The number of carbonyl (C=O) groups is 1. The summed E-state index contributed by atoms with van der Waals surface area (Å²) in [5, 5.41) is 0.754. The van der Waals surface area contributed by atoms with Crippen molar-refractivity contribution in [1.29, 1.82) is 0 Å². The Bertz CT molecular complexity index is 600. The zero-order chi connectivity index (χ0) is 17.3. The fourth-order valence-electron chi connectivity index (χ4n) is 3.71. The van der Waals surface area contributed by atoms with E-state index in [0.29, 0.717) is 5.92 Å². The normalized spacial score (nSPS) is 25.1. The third-order valence-electron chi connectivity index (χ3n) is 5.20. The van der Waals surface area contributed by atoms with Gasteiger partial charge >= 0.3 is 0 Å². The first-order valence-electron chi connectivity index (χ1n) is 8.70. The van der Waals surface area contributed by atoms with Gasteiger partial charge in [0, 0.05) is 33.4 Å². The fourth-order valence-corrected chi connectivity index (χ4v) is 3.94. The predicted molar refractivity (Wildman–Crippen MR) is 95.5 cm³/mol. The zero-order valence-corrected chi connectivity index (χ0v) is 15.4. The van der Waals surface area contributed by atoms with E-state index in [1.807, 2.05) is 19.2 Å². The quantitative estimate of drug-likeness (QED) is 0.840. The number of anilines is 1. The number of pyridine rings is 1. The monoisotopic (exact) mass is 351 g/mol. The largest absolute Gasteiger partial charge is 0.365 e. The van der Waals surface area contributed by atoms with Crippen LogP contribution in [0.1, 0.15) is 31.2 Å². The summed E-state index contributed by atoms with van der Waals surface area (Å²) in [4.78, 5) is 20.4. The molecule has 24 heavy (non-hydrogen) atoms. The molecule has 6 heteroatoms. The van der Waals surface area contributed by atoms with E-state index >= 15 is 0 Å². The number of hydrogen-bond donors (Lipinski definition) is 0. The Morgan fingerprint density at radius 2 is 2.00 bits per heavy atom. The molecule has 2 fully saturated rings. The summed E-state index contributed by atoms with van der Waals surface area (Å²) >= 11 is 6.40. The third kappa shape index (κ3) is 3.52.